The maximum Gasteiger partial charge on any atom is 0.417 e. The number of carbonyl (C=O) groups is 1. The van der Waals surface area contributed by atoms with Crippen LogP contribution in [-0.4, -0.2) is 83.8 Å². The number of benzene rings is 2. The van der Waals surface area contributed by atoms with Crippen LogP contribution in [0.3, 0.4) is 0 Å². The summed E-state index contributed by atoms with van der Waals surface area (Å²) >= 11 is 0.686. The summed E-state index contributed by atoms with van der Waals surface area (Å²) in [6.07, 6.45) is 1.26. The van der Waals surface area contributed by atoms with Gasteiger partial charge in [-0.2, -0.15) is 28.4 Å². The number of allylic oxidation sites excluding steroid dienone is 1. The molecule has 16 heteroatoms. The molecule has 1 amide bonds. The number of carbonyl (C=O) groups excluding carboxylic acids is 1. The molecule has 276 valence electrons. The smallest absolute Gasteiger partial charge is 0.417 e. The zero-order chi connectivity index (χ0) is 37.6. The van der Waals surface area contributed by atoms with Crippen LogP contribution < -0.4 is 15.4 Å². The predicted molar refractivity (Wildman–Crippen MR) is 188 cm³/mol. The van der Waals surface area contributed by atoms with Gasteiger partial charge in [-0.3, -0.25) is 9.69 Å². The Morgan fingerprint density at radius 2 is 1.96 bits per heavy atom. The van der Waals surface area contributed by atoms with E-state index in [9.17, 15) is 32.0 Å². The molecule has 2 aromatic carbocycles. The monoisotopic (exact) mass is 745 g/mol. The number of aromatic nitrogens is 2. The van der Waals surface area contributed by atoms with E-state index in [1.807, 2.05) is 6.92 Å². The van der Waals surface area contributed by atoms with E-state index in [0.29, 0.717) is 36.9 Å². The first-order valence-electron chi connectivity index (χ1n) is 16.8. The second kappa shape index (κ2) is 14.4. The number of nitriles is 1. The molecule has 0 saturated carbocycles. The fourth-order valence-corrected chi connectivity index (χ4v) is 8.67. The molecule has 4 atom stereocenters. The van der Waals surface area contributed by atoms with Crippen molar-refractivity contribution in [2.24, 2.45) is 0 Å². The van der Waals surface area contributed by atoms with Crippen LogP contribution in [-0.2, 0) is 11.0 Å². The fourth-order valence-electron chi connectivity index (χ4n) is 7.72. The number of anilines is 2. The highest BCUT2D eigenvalue weighted by molar-refractivity contribution is 7.23. The number of likely N-dealkylation sites (N-methyl/N-ethyl adjacent to an activating group) is 1. The molecule has 0 radical (unpaired) electrons. The summed E-state index contributed by atoms with van der Waals surface area (Å²) in [6.45, 7) is 5.79. The third-order valence-corrected chi connectivity index (χ3v) is 11.2. The highest BCUT2D eigenvalue weighted by Gasteiger charge is 2.40. The predicted octanol–water partition coefficient (Wildman–Crippen LogP) is 7.47. The van der Waals surface area contributed by atoms with Crippen molar-refractivity contribution in [1.82, 2.24) is 19.8 Å². The largest absolute Gasteiger partial charge is 0.467 e. The van der Waals surface area contributed by atoms with E-state index in [2.05, 4.69) is 14.9 Å². The zero-order valence-electron chi connectivity index (χ0n) is 28.9. The molecule has 0 bridgehead atoms. The lowest BCUT2D eigenvalue weighted by Crippen LogP contribution is -2.43. The van der Waals surface area contributed by atoms with Gasteiger partial charge in [-0.1, -0.05) is 12.1 Å². The van der Waals surface area contributed by atoms with Gasteiger partial charge in [0.15, 0.2) is 5.82 Å². The molecule has 5 heterocycles. The number of fused-ring (bicyclic) bond motifs is 3. The maximum absolute atomic E-state index is 16.6. The number of likely N-dealkylation sites (tertiary alicyclic amines) is 1. The molecule has 52 heavy (non-hydrogen) atoms. The number of rotatable bonds is 5. The summed E-state index contributed by atoms with van der Waals surface area (Å²) in [5, 5.41) is 9.10. The lowest BCUT2D eigenvalue weighted by atomic mass is 9.92. The molecular weight excluding hydrogens is 708 g/mol. The van der Waals surface area contributed by atoms with Gasteiger partial charge in [0.2, 0.25) is 5.91 Å². The van der Waals surface area contributed by atoms with E-state index in [0.717, 1.165) is 31.2 Å². The minimum atomic E-state index is -5.08. The van der Waals surface area contributed by atoms with E-state index in [-0.39, 0.29) is 61.4 Å². The molecule has 3 aliphatic rings. The van der Waals surface area contributed by atoms with E-state index in [1.165, 1.54) is 26.0 Å². The minimum absolute atomic E-state index is 0.0308. The van der Waals surface area contributed by atoms with Crippen molar-refractivity contribution < 1.29 is 35.9 Å². The second-order valence-corrected chi connectivity index (χ2v) is 14.2. The normalized spacial score (nSPS) is 21.8. The van der Waals surface area contributed by atoms with Gasteiger partial charge in [-0.05, 0) is 69.8 Å². The molecule has 3 aliphatic heterocycles. The number of nitrogens with two attached hydrogens (primary N) is 1. The molecule has 9 nitrogen and oxygen atoms in total. The quantitative estimate of drug-likeness (QED) is 0.166. The number of ether oxygens (including phenoxy) is 1. The van der Waals surface area contributed by atoms with E-state index >= 15 is 4.39 Å². The van der Waals surface area contributed by atoms with Crippen LogP contribution >= 0.6 is 11.3 Å². The number of alkyl halides is 4. The van der Waals surface area contributed by atoms with E-state index in [4.69, 9.17) is 10.5 Å². The molecule has 4 unspecified atom stereocenters. The Labute approximate surface area is 300 Å². The number of hydrogen-bond donors (Lipinski definition) is 1. The summed E-state index contributed by atoms with van der Waals surface area (Å²) in [4.78, 5) is 26.4. The third kappa shape index (κ3) is 6.60. The Kier molecular flexibility index (Phi) is 10.3. The van der Waals surface area contributed by atoms with Crippen LogP contribution in [0, 0.1) is 23.0 Å². The number of methoxy groups -OCH3 is 1. The lowest BCUT2D eigenvalue weighted by Gasteiger charge is -2.32. The first-order chi connectivity index (χ1) is 24.7. The third-order valence-electron chi connectivity index (χ3n) is 10.2. The molecule has 7 rings (SSSR count). The van der Waals surface area contributed by atoms with Crippen molar-refractivity contribution >= 4 is 49.1 Å². The van der Waals surface area contributed by atoms with Gasteiger partial charge in [0.25, 0.3) is 0 Å². The van der Waals surface area contributed by atoms with Gasteiger partial charge in [0.05, 0.1) is 29.0 Å². The van der Waals surface area contributed by atoms with Gasteiger partial charge >= 0.3 is 12.2 Å². The van der Waals surface area contributed by atoms with Crippen LogP contribution in [0.1, 0.15) is 50.7 Å². The summed E-state index contributed by atoms with van der Waals surface area (Å²) in [6, 6.07) is 4.03. The molecule has 2 N–H and O–H groups in total. The van der Waals surface area contributed by atoms with Gasteiger partial charge in [-0.25, -0.2) is 13.2 Å². The number of halogens is 6. The molecular formula is C36H37F6N7O2S. The van der Waals surface area contributed by atoms with E-state index < -0.39 is 40.6 Å². The SMILES string of the molecule is C/C=C/C(=O)N1CCC(N(C)c2nc(OC)nc3c(F)c(-c4ccc(F)c5sc(N)c(C#N)c45)c(C(F)(F)F)cc23)C1C.FC1CC2CCCN2C1. The van der Waals surface area contributed by atoms with Crippen molar-refractivity contribution in [2.75, 3.05) is 44.4 Å². The van der Waals surface area contributed by atoms with Gasteiger partial charge in [0, 0.05) is 48.6 Å². The molecule has 0 aliphatic carbocycles. The summed E-state index contributed by atoms with van der Waals surface area (Å²) in [5.41, 5.74) is 2.52. The highest BCUT2D eigenvalue weighted by Crippen LogP contribution is 2.48. The van der Waals surface area contributed by atoms with Gasteiger partial charge < -0.3 is 20.3 Å². The maximum atomic E-state index is 16.6. The van der Waals surface area contributed by atoms with Gasteiger partial charge in [-0.15, -0.1) is 11.3 Å². The van der Waals surface area contributed by atoms with Crippen LogP contribution in [0.4, 0.5) is 37.2 Å². The van der Waals surface area contributed by atoms with Crippen molar-refractivity contribution in [1.29, 1.82) is 5.26 Å². The van der Waals surface area contributed by atoms with Crippen LogP contribution in [0.15, 0.2) is 30.4 Å². The average molecular weight is 746 g/mol. The molecule has 2 aromatic heterocycles. The topological polar surface area (TPSA) is 112 Å². The number of thiophene rings is 1. The highest BCUT2D eigenvalue weighted by atomic mass is 32.1. The van der Waals surface area contributed by atoms with Crippen molar-refractivity contribution in [2.45, 2.75) is 70.0 Å². The summed E-state index contributed by atoms with van der Waals surface area (Å²) in [5.74, 6) is -2.41. The fraction of sp³-hybridized carbons (Fsp3) is 0.444. The minimum Gasteiger partial charge on any atom is -0.467 e. The number of amides is 1. The Balaban J connectivity index is 0.000000444. The van der Waals surface area contributed by atoms with Crippen molar-refractivity contribution in [3.05, 3.63) is 53.1 Å². The standard InChI is InChI=1S/C29H25F5N6O2S.C7H12FN/c1-5-6-20(41)40-10-9-19(13(40)2)39(3)27-15-11-17(29(32,33)34)22(23(31)24(15)37-28(38-27)42-4)14-7-8-18(30)25-21(14)16(12-35)26(36)43-25;8-6-4-7-2-1-3-9(7)5-6/h5-8,11,13,19H,9-10,36H2,1-4H3;6-7H,1-5H2/b6-5+;. The van der Waals surface area contributed by atoms with Crippen molar-refractivity contribution in [3.63, 3.8) is 0 Å². The Morgan fingerprint density at radius 1 is 1.21 bits per heavy atom. The van der Waals surface area contributed by atoms with Crippen LogP contribution in [0.2, 0.25) is 0 Å². The van der Waals surface area contributed by atoms with Gasteiger partial charge in [0.1, 0.15) is 34.4 Å². The lowest BCUT2D eigenvalue weighted by molar-refractivity contribution is -0.137. The molecule has 3 fully saturated rings. The first-order valence-corrected chi connectivity index (χ1v) is 17.6. The molecule has 0 spiro atoms. The number of hydrogen-bond acceptors (Lipinski definition) is 9. The van der Waals surface area contributed by atoms with Crippen LogP contribution in [0.5, 0.6) is 6.01 Å². The molecule has 3 saturated heterocycles. The number of nitrogens with zero attached hydrogens (tertiary/aromatic N) is 6. The second-order valence-electron chi connectivity index (χ2n) is 13.2. The van der Waals surface area contributed by atoms with Crippen LogP contribution in [0.25, 0.3) is 32.1 Å². The zero-order valence-corrected chi connectivity index (χ0v) is 29.7. The van der Waals surface area contributed by atoms with E-state index in [1.54, 1.807) is 35.9 Å². The average Bonchev–Trinajstić information content (AvgIpc) is 3.87. The first kappa shape index (κ1) is 37.1. The molecule has 4 aromatic rings. The summed E-state index contributed by atoms with van der Waals surface area (Å²) < 4.78 is 93.0. The number of nitrogen functional groups attached to an aromatic ring is 1. The van der Waals surface area contributed by atoms with Crippen molar-refractivity contribution in [3.8, 4) is 23.2 Å². The summed E-state index contributed by atoms with van der Waals surface area (Å²) in [7, 11) is 2.84. The Morgan fingerprint density at radius 3 is 2.62 bits per heavy atom. The Bertz CT molecular complexity index is 2090. The Hall–Kier alpha value is -4.62.